The van der Waals surface area contributed by atoms with Crippen molar-refractivity contribution in [3.63, 3.8) is 0 Å². The molecule has 0 spiro atoms. The molecule has 1 aromatic rings. The van der Waals surface area contributed by atoms with Crippen molar-refractivity contribution in [3.8, 4) is 0 Å². The number of benzene rings is 1. The van der Waals surface area contributed by atoms with Crippen molar-refractivity contribution in [2.75, 3.05) is 6.54 Å². The lowest BCUT2D eigenvalue weighted by molar-refractivity contribution is -0.137. The molecule has 0 aromatic heterocycles. The van der Waals surface area contributed by atoms with E-state index < -0.39 is 11.7 Å². The van der Waals surface area contributed by atoms with Gasteiger partial charge in [0.2, 0.25) is 0 Å². The number of alkyl halides is 3. The molecule has 0 atom stereocenters. The summed E-state index contributed by atoms with van der Waals surface area (Å²) in [6.45, 7) is 4.88. The van der Waals surface area contributed by atoms with Crippen LogP contribution in [0.15, 0.2) is 24.3 Å². The molecule has 1 aliphatic rings. The zero-order valence-corrected chi connectivity index (χ0v) is 12.1. The number of halogens is 3. The summed E-state index contributed by atoms with van der Waals surface area (Å²) in [6.07, 6.45) is -0.143. The second kappa shape index (κ2) is 5.76. The van der Waals surface area contributed by atoms with Gasteiger partial charge in [-0.3, -0.25) is 0 Å². The van der Waals surface area contributed by atoms with Gasteiger partial charge in [-0.05, 0) is 24.5 Å². The van der Waals surface area contributed by atoms with Crippen LogP contribution in [0.4, 0.5) is 13.2 Å². The summed E-state index contributed by atoms with van der Waals surface area (Å²) in [4.78, 5) is 0. The molecular formula is C16H22F3N. The fourth-order valence-electron chi connectivity index (χ4n) is 3.04. The van der Waals surface area contributed by atoms with Crippen LogP contribution in [0, 0.1) is 0 Å². The first-order valence-corrected chi connectivity index (χ1v) is 7.25. The molecule has 1 saturated carbocycles. The fraction of sp³-hybridized carbons (Fsp3) is 0.625. The van der Waals surface area contributed by atoms with Crippen LogP contribution in [0.2, 0.25) is 0 Å². The minimum Gasteiger partial charge on any atom is -0.314 e. The number of hydrogen-bond donors (Lipinski definition) is 1. The van der Waals surface area contributed by atoms with Crippen LogP contribution in [0.3, 0.4) is 0 Å². The molecule has 1 N–H and O–H groups in total. The molecule has 0 aliphatic heterocycles. The number of rotatable bonds is 4. The number of nitrogens with one attached hydrogen (secondary N) is 1. The summed E-state index contributed by atoms with van der Waals surface area (Å²) in [7, 11) is 0. The molecule has 0 amide bonds. The molecule has 1 aromatic carbocycles. The summed E-state index contributed by atoms with van der Waals surface area (Å²) in [5.41, 5.74) is 0.162. The standard InChI is InChI=1S/C16H22F3N/c1-12(2)20-11-15(8-3-4-9-15)13-6-5-7-14(10-13)16(17,18)19/h5-7,10,12,20H,3-4,8-9,11H2,1-2H3. The van der Waals surface area contributed by atoms with Crippen molar-refractivity contribution in [1.29, 1.82) is 0 Å². The SMILES string of the molecule is CC(C)NCC1(c2cccc(C(F)(F)F)c2)CCCC1. The predicted molar refractivity (Wildman–Crippen MR) is 74.7 cm³/mol. The molecule has 4 heteroatoms. The Hall–Kier alpha value is -1.03. The van der Waals surface area contributed by atoms with Crippen molar-refractivity contribution in [1.82, 2.24) is 5.32 Å². The van der Waals surface area contributed by atoms with Crippen LogP contribution in [-0.4, -0.2) is 12.6 Å². The van der Waals surface area contributed by atoms with E-state index in [4.69, 9.17) is 0 Å². The third-order valence-electron chi connectivity index (χ3n) is 4.21. The average molecular weight is 285 g/mol. The molecule has 0 saturated heterocycles. The molecule has 112 valence electrons. The van der Waals surface area contributed by atoms with Gasteiger partial charge in [0.15, 0.2) is 0 Å². The van der Waals surface area contributed by atoms with Gasteiger partial charge in [-0.2, -0.15) is 13.2 Å². The highest BCUT2D eigenvalue weighted by molar-refractivity contribution is 5.33. The van der Waals surface area contributed by atoms with Gasteiger partial charge in [0, 0.05) is 18.0 Å². The van der Waals surface area contributed by atoms with E-state index in [9.17, 15) is 13.2 Å². The van der Waals surface area contributed by atoms with E-state index in [2.05, 4.69) is 19.2 Å². The first-order chi connectivity index (χ1) is 9.33. The van der Waals surface area contributed by atoms with Gasteiger partial charge in [0.05, 0.1) is 5.56 Å². The molecule has 2 rings (SSSR count). The lowest BCUT2D eigenvalue weighted by Gasteiger charge is -2.31. The van der Waals surface area contributed by atoms with Gasteiger partial charge >= 0.3 is 6.18 Å². The second-order valence-corrected chi connectivity index (χ2v) is 6.10. The first kappa shape index (κ1) is 15.4. The molecule has 0 bridgehead atoms. The fourth-order valence-corrected chi connectivity index (χ4v) is 3.04. The Balaban J connectivity index is 2.30. The third kappa shape index (κ3) is 3.35. The predicted octanol–water partition coefficient (Wildman–Crippen LogP) is 4.52. The molecule has 0 radical (unpaired) electrons. The summed E-state index contributed by atoms with van der Waals surface area (Å²) in [5, 5.41) is 3.40. The van der Waals surface area contributed by atoms with Gasteiger partial charge in [-0.1, -0.05) is 44.9 Å². The Bertz CT molecular complexity index is 445. The van der Waals surface area contributed by atoms with Crippen LogP contribution in [0.5, 0.6) is 0 Å². The van der Waals surface area contributed by atoms with Gasteiger partial charge in [-0.15, -0.1) is 0 Å². The second-order valence-electron chi connectivity index (χ2n) is 6.10. The van der Waals surface area contributed by atoms with Crippen molar-refractivity contribution in [3.05, 3.63) is 35.4 Å². The molecule has 0 heterocycles. The van der Waals surface area contributed by atoms with E-state index in [1.165, 1.54) is 12.1 Å². The maximum atomic E-state index is 12.9. The van der Waals surface area contributed by atoms with E-state index in [-0.39, 0.29) is 5.41 Å². The Kier molecular flexibility index (Phi) is 4.43. The van der Waals surface area contributed by atoms with E-state index in [1.807, 2.05) is 6.07 Å². The molecule has 1 fully saturated rings. The Morgan fingerprint density at radius 3 is 2.40 bits per heavy atom. The lowest BCUT2D eigenvalue weighted by atomic mass is 9.78. The third-order valence-corrected chi connectivity index (χ3v) is 4.21. The van der Waals surface area contributed by atoms with Crippen LogP contribution in [0.1, 0.15) is 50.7 Å². The Morgan fingerprint density at radius 2 is 1.85 bits per heavy atom. The maximum Gasteiger partial charge on any atom is 0.416 e. The quantitative estimate of drug-likeness (QED) is 0.858. The molecule has 0 unspecified atom stereocenters. The maximum absolute atomic E-state index is 12.9. The van der Waals surface area contributed by atoms with Crippen molar-refractivity contribution >= 4 is 0 Å². The largest absolute Gasteiger partial charge is 0.416 e. The van der Waals surface area contributed by atoms with Crippen LogP contribution in [-0.2, 0) is 11.6 Å². The summed E-state index contributed by atoms with van der Waals surface area (Å²) in [6, 6.07) is 6.23. The highest BCUT2D eigenvalue weighted by atomic mass is 19.4. The topological polar surface area (TPSA) is 12.0 Å². The van der Waals surface area contributed by atoms with Crippen LogP contribution >= 0.6 is 0 Å². The average Bonchev–Trinajstić information content (AvgIpc) is 2.86. The highest BCUT2D eigenvalue weighted by Crippen LogP contribution is 2.42. The Morgan fingerprint density at radius 1 is 1.20 bits per heavy atom. The van der Waals surface area contributed by atoms with Crippen LogP contribution < -0.4 is 5.32 Å². The van der Waals surface area contributed by atoms with Gasteiger partial charge in [0.1, 0.15) is 0 Å². The molecule has 1 nitrogen and oxygen atoms in total. The van der Waals surface area contributed by atoms with E-state index >= 15 is 0 Å². The van der Waals surface area contributed by atoms with E-state index in [0.29, 0.717) is 6.04 Å². The van der Waals surface area contributed by atoms with E-state index in [1.54, 1.807) is 0 Å². The van der Waals surface area contributed by atoms with E-state index in [0.717, 1.165) is 43.9 Å². The van der Waals surface area contributed by atoms with Crippen LogP contribution in [0.25, 0.3) is 0 Å². The zero-order chi connectivity index (χ0) is 14.8. The minimum absolute atomic E-state index is 0.133. The first-order valence-electron chi connectivity index (χ1n) is 7.25. The minimum atomic E-state index is -4.26. The van der Waals surface area contributed by atoms with Gasteiger partial charge < -0.3 is 5.32 Å². The van der Waals surface area contributed by atoms with Gasteiger partial charge in [0.25, 0.3) is 0 Å². The smallest absolute Gasteiger partial charge is 0.314 e. The Labute approximate surface area is 118 Å². The summed E-state index contributed by atoms with van der Waals surface area (Å²) >= 11 is 0. The lowest BCUT2D eigenvalue weighted by Crippen LogP contribution is -2.39. The molecular weight excluding hydrogens is 263 g/mol. The number of hydrogen-bond acceptors (Lipinski definition) is 1. The normalized spacial score (nSPS) is 18.7. The van der Waals surface area contributed by atoms with Crippen molar-refractivity contribution < 1.29 is 13.2 Å². The molecule has 1 aliphatic carbocycles. The van der Waals surface area contributed by atoms with Gasteiger partial charge in [-0.25, -0.2) is 0 Å². The monoisotopic (exact) mass is 285 g/mol. The summed E-state index contributed by atoms with van der Waals surface area (Å²) < 4.78 is 38.6. The van der Waals surface area contributed by atoms with Crippen molar-refractivity contribution in [2.45, 2.75) is 57.2 Å². The summed E-state index contributed by atoms with van der Waals surface area (Å²) in [5.74, 6) is 0. The highest BCUT2D eigenvalue weighted by Gasteiger charge is 2.37. The molecule has 20 heavy (non-hydrogen) atoms. The van der Waals surface area contributed by atoms with Crippen molar-refractivity contribution in [2.24, 2.45) is 0 Å². The zero-order valence-electron chi connectivity index (χ0n) is 12.1.